The smallest absolute Gasteiger partial charge is 0.251 e. The molecule has 0 aliphatic carbocycles. The van der Waals surface area contributed by atoms with Crippen LogP contribution in [0.4, 0.5) is 0 Å². The van der Waals surface area contributed by atoms with Gasteiger partial charge in [0.25, 0.3) is 5.91 Å². The molecular weight excluding hydrogens is 358 g/mol. The number of rotatable bonds is 6. The zero-order chi connectivity index (χ0) is 20.2. The Morgan fingerprint density at radius 1 is 1.00 bits per heavy atom. The van der Waals surface area contributed by atoms with Gasteiger partial charge in [0, 0.05) is 12.1 Å². The summed E-state index contributed by atoms with van der Waals surface area (Å²) < 4.78 is 2.19. The zero-order valence-electron chi connectivity index (χ0n) is 16.8. The Bertz CT molecular complexity index is 1130. The van der Waals surface area contributed by atoms with Crippen molar-refractivity contribution < 1.29 is 4.79 Å². The van der Waals surface area contributed by atoms with E-state index in [0.717, 1.165) is 34.5 Å². The van der Waals surface area contributed by atoms with E-state index in [4.69, 9.17) is 4.98 Å². The second-order valence-electron chi connectivity index (χ2n) is 7.29. The van der Waals surface area contributed by atoms with Gasteiger partial charge in [-0.05, 0) is 50.1 Å². The van der Waals surface area contributed by atoms with Gasteiger partial charge in [-0.25, -0.2) is 4.98 Å². The molecule has 1 atom stereocenters. The molecule has 29 heavy (non-hydrogen) atoms. The lowest BCUT2D eigenvalue weighted by Gasteiger charge is -2.20. The summed E-state index contributed by atoms with van der Waals surface area (Å²) in [6.45, 7) is 4.90. The summed E-state index contributed by atoms with van der Waals surface area (Å²) in [5.41, 5.74) is 4.94. The van der Waals surface area contributed by atoms with Gasteiger partial charge >= 0.3 is 0 Å². The molecule has 4 rings (SSSR count). The zero-order valence-corrected chi connectivity index (χ0v) is 16.8. The summed E-state index contributed by atoms with van der Waals surface area (Å²) in [6, 6.07) is 25.8. The van der Waals surface area contributed by atoms with Crippen LogP contribution < -0.4 is 5.32 Å². The van der Waals surface area contributed by atoms with Crippen molar-refractivity contribution in [1.29, 1.82) is 0 Å². The maximum absolute atomic E-state index is 13.0. The molecule has 4 heteroatoms. The summed E-state index contributed by atoms with van der Waals surface area (Å²) in [5, 5.41) is 3.24. The Balaban J connectivity index is 1.73. The van der Waals surface area contributed by atoms with E-state index in [0.29, 0.717) is 12.0 Å². The third-order valence-corrected chi connectivity index (χ3v) is 5.18. The van der Waals surface area contributed by atoms with Crippen LogP contribution in [0.1, 0.15) is 40.3 Å². The van der Waals surface area contributed by atoms with Crippen molar-refractivity contribution in [3.05, 3.63) is 101 Å². The van der Waals surface area contributed by atoms with Crippen molar-refractivity contribution >= 4 is 16.9 Å². The largest absolute Gasteiger partial charge is 0.342 e. The fourth-order valence-electron chi connectivity index (χ4n) is 3.78. The Kier molecular flexibility index (Phi) is 5.43. The van der Waals surface area contributed by atoms with Crippen molar-refractivity contribution in [1.82, 2.24) is 14.9 Å². The monoisotopic (exact) mass is 383 g/mol. The fourth-order valence-corrected chi connectivity index (χ4v) is 3.78. The van der Waals surface area contributed by atoms with Gasteiger partial charge in [0.15, 0.2) is 0 Å². The highest BCUT2D eigenvalue weighted by atomic mass is 16.1. The first-order valence-electron chi connectivity index (χ1n) is 10.0. The highest BCUT2D eigenvalue weighted by molar-refractivity contribution is 5.94. The Hall–Kier alpha value is -3.40. The van der Waals surface area contributed by atoms with Crippen LogP contribution in [0.15, 0.2) is 78.9 Å². The SMILES string of the molecule is CCn1c([C@H](Cc2ccccc2)NC(=O)c2cccc(C)c2)nc2ccccc21. The average Bonchev–Trinajstić information content (AvgIpc) is 3.12. The first-order valence-corrected chi connectivity index (χ1v) is 10.0. The number of benzene rings is 3. The number of hydrogen-bond acceptors (Lipinski definition) is 2. The van der Waals surface area contributed by atoms with Crippen molar-refractivity contribution in [2.24, 2.45) is 0 Å². The van der Waals surface area contributed by atoms with E-state index in [2.05, 4.69) is 35.0 Å². The van der Waals surface area contributed by atoms with E-state index >= 15 is 0 Å². The van der Waals surface area contributed by atoms with Crippen LogP contribution in [0, 0.1) is 6.92 Å². The normalized spacial score (nSPS) is 12.1. The molecule has 0 radical (unpaired) electrons. The van der Waals surface area contributed by atoms with Gasteiger partial charge < -0.3 is 9.88 Å². The number of carbonyl (C=O) groups is 1. The van der Waals surface area contributed by atoms with E-state index in [1.54, 1.807) is 0 Å². The number of nitrogens with zero attached hydrogens (tertiary/aromatic N) is 2. The van der Waals surface area contributed by atoms with E-state index in [1.807, 2.05) is 67.6 Å². The molecule has 0 unspecified atom stereocenters. The minimum absolute atomic E-state index is 0.0793. The van der Waals surface area contributed by atoms with Crippen LogP contribution in [0.2, 0.25) is 0 Å². The molecule has 1 amide bonds. The Labute approximate surface area is 171 Å². The molecule has 4 aromatic rings. The first-order chi connectivity index (χ1) is 14.2. The van der Waals surface area contributed by atoms with Gasteiger partial charge in [0.1, 0.15) is 5.82 Å². The predicted molar refractivity (Wildman–Crippen MR) is 117 cm³/mol. The average molecular weight is 383 g/mol. The maximum atomic E-state index is 13.0. The predicted octanol–water partition coefficient (Wildman–Crippen LogP) is 5.08. The highest BCUT2D eigenvalue weighted by Gasteiger charge is 2.22. The number of carbonyl (C=O) groups excluding carboxylic acids is 1. The van der Waals surface area contributed by atoms with Crippen LogP contribution in [0.3, 0.4) is 0 Å². The number of fused-ring (bicyclic) bond motifs is 1. The summed E-state index contributed by atoms with van der Waals surface area (Å²) in [7, 11) is 0. The first kappa shape index (κ1) is 18.9. The minimum atomic E-state index is -0.224. The van der Waals surface area contributed by atoms with E-state index in [-0.39, 0.29) is 11.9 Å². The van der Waals surface area contributed by atoms with Crippen LogP contribution in [-0.2, 0) is 13.0 Å². The molecule has 1 aromatic heterocycles. The van der Waals surface area contributed by atoms with Gasteiger partial charge in [-0.15, -0.1) is 0 Å². The number of imidazole rings is 1. The Morgan fingerprint density at radius 3 is 2.52 bits per heavy atom. The summed E-state index contributed by atoms with van der Waals surface area (Å²) >= 11 is 0. The molecule has 4 nitrogen and oxygen atoms in total. The third kappa shape index (κ3) is 4.06. The second-order valence-corrected chi connectivity index (χ2v) is 7.29. The second kappa shape index (κ2) is 8.31. The van der Waals surface area contributed by atoms with Crippen LogP contribution in [0.25, 0.3) is 11.0 Å². The van der Waals surface area contributed by atoms with E-state index in [1.165, 1.54) is 0 Å². The molecular formula is C25H25N3O. The Morgan fingerprint density at radius 2 is 1.76 bits per heavy atom. The molecule has 1 N–H and O–H groups in total. The van der Waals surface area contributed by atoms with Crippen molar-refractivity contribution in [3.8, 4) is 0 Å². The minimum Gasteiger partial charge on any atom is -0.342 e. The molecule has 0 bridgehead atoms. The lowest BCUT2D eigenvalue weighted by molar-refractivity contribution is 0.0934. The number of aromatic nitrogens is 2. The number of nitrogens with one attached hydrogen (secondary N) is 1. The van der Waals surface area contributed by atoms with Gasteiger partial charge in [-0.3, -0.25) is 4.79 Å². The van der Waals surface area contributed by atoms with E-state index < -0.39 is 0 Å². The third-order valence-electron chi connectivity index (χ3n) is 5.18. The molecule has 0 aliphatic rings. The summed E-state index contributed by atoms with van der Waals surface area (Å²) in [6.07, 6.45) is 0.682. The van der Waals surface area contributed by atoms with Crippen LogP contribution in [-0.4, -0.2) is 15.5 Å². The van der Waals surface area contributed by atoms with E-state index in [9.17, 15) is 4.79 Å². The number of amides is 1. The van der Waals surface area contributed by atoms with Gasteiger partial charge in [-0.2, -0.15) is 0 Å². The quantitative estimate of drug-likeness (QED) is 0.505. The fraction of sp³-hybridized carbons (Fsp3) is 0.200. The molecule has 0 saturated carbocycles. The molecule has 3 aromatic carbocycles. The molecule has 1 heterocycles. The number of aryl methyl sites for hydroxylation is 2. The summed E-state index contributed by atoms with van der Waals surface area (Å²) in [5.74, 6) is 0.808. The maximum Gasteiger partial charge on any atom is 0.251 e. The molecule has 0 fully saturated rings. The highest BCUT2D eigenvalue weighted by Crippen LogP contribution is 2.24. The topological polar surface area (TPSA) is 46.9 Å². The van der Waals surface area contributed by atoms with Crippen LogP contribution >= 0.6 is 0 Å². The lowest BCUT2D eigenvalue weighted by atomic mass is 10.0. The van der Waals surface area contributed by atoms with Crippen molar-refractivity contribution in [2.75, 3.05) is 0 Å². The van der Waals surface area contributed by atoms with Gasteiger partial charge in [0.05, 0.1) is 17.1 Å². The standard InChI is InChI=1S/C25H25N3O/c1-3-28-23-15-8-7-14-21(23)26-24(28)22(17-19-11-5-4-6-12-19)27-25(29)20-13-9-10-18(2)16-20/h4-16,22H,3,17H2,1-2H3,(H,27,29)/t22-/m0/s1. The summed E-state index contributed by atoms with van der Waals surface area (Å²) in [4.78, 5) is 17.9. The van der Waals surface area contributed by atoms with Gasteiger partial charge in [-0.1, -0.05) is 60.2 Å². The van der Waals surface area contributed by atoms with Crippen LogP contribution in [0.5, 0.6) is 0 Å². The van der Waals surface area contributed by atoms with Crippen molar-refractivity contribution in [3.63, 3.8) is 0 Å². The number of para-hydroxylation sites is 2. The molecule has 0 saturated heterocycles. The molecule has 0 spiro atoms. The molecule has 0 aliphatic heterocycles. The molecule has 146 valence electrons. The lowest BCUT2D eigenvalue weighted by Crippen LogP contribution is -2.32. The number of hydrogen-bond donors (Lipinski definition) is 1. The van der Waals surface area contributed by atoms with Crippen molar-refractivity contribution in [2.45, 2.75) is 32.9 Å². The van der Waals surface area contributed by atoms with Gasteiger partial charge in [0.2, 0.25) is 0 Å².